The number of nitrogens with zero attached hydrogens (tertiary/aromatic N) is 1. The van der Waals surface area contributed by atoms with E-state index in [4.69, 9.17) is 23.2 Å². The van der Waals surface area contributed by atoms with Crippen LogP contribution in [0.15, 0.2) is 48.5 Å². The number of amides is 2. The highest BCUT2D eigenvalue weighted by Gasteiger charge is 2.27. The summed E-state index contributed by atoms with van der Waals surface area (Å²) in [5, 5.41) is 3.83. The Hall–Kier alpha value is -2.04. The van der Waals surface area contributed by atoms with Gasteiger partial charge in [0, 0.05) is 12.6 Å². The smallest absolute Gasteiger partial charge is 0.242 e. The van der Waals surface area contributed by atoms with E-state index in [0.717, 1.165) is 17.5 Å². The van der Waals surface area contributed by atoms with Crippen molar-refractivity contribution in [3.63, 3.8) is 0 Å². The highest BCUT2D eigenvalue weighted by Crippen LogP contribution is 2.24. The lowest BCUT2D eigenvalue weighted by molar-refractivity contribution is -0.140. The van der Waals surface area contributed by atoms with Crippen LogP contribution < -0.4 is 5.32 Å². The fourth-order valence-electron chi connectivity index (χ4n) is 2.75. The van der Waals surface area contributed by atoms with Gasteiger partial charge in [0.1, 0.15) is 6.04 Å². The van der Waals surface area contributed by atoms with Crippen LogP contribution in [0.1, 0.15) is 38.3 Å². The summed E-state index contributed by atoms with van der Waals surface area (Å²) in [7, 11) is 0. The second-order valence-electron chi connectivity index (χ2n) is 6.93. The molecular formula is C22H26Cl2N2O2. The first-order valence-electron chi connectivity index (χ1n) is 9.39. The van der Waals surface area contributed by atoms with Crippen LogP contribution in [-0.2, 0) is 22.6 Å². The first kappa shape index (κ1) is 22.3. The molecule has 28 heavy (non-hydrogen) atoms. The van der Waals surface area contributed by atoms with Crippen LogP contribution >= 0.6 is 23.2 Å². The molecule has 4 nitrogen and oxygen atoms in total. The Morgan fingerprint density at radius 2 is 1.68 bits per heavy atom. The van der Waals surface area contributed by atoms with E-state index in [0.29, 0.717) is 10.0 Å². The van der Waals surface area contributed by atoms with E-state index in [-0.39, 0.29) is 30.8 Å². The average Bonchev–Trinajstić information content (AvgIpc) is 2.68. The topological polar surface area (TPSA) is 49.4 Å². The van der Waals surface area contributed by atoms with Crippen LogP contribution in [0.5, 0.6) is 0 Å². The van der Waals surface area contributed by atoms with Crippen LogP contribution in [0.3, 0.4) is 0 Å². The Bertz CT molecular complexity index is 811. The zero-order valence-corrected chi connectivity index (χ0v) is 17.9. The molecular weight excluding hydrogens is 395 g/mol. The fourth-order valence-corrected chi connectivity index (χ4v) is 3.08. The zero-order valence-electron chi connectivity index (χ0n) is 16.4. The molecule has 0 heterocycles. The number of carbonyl (C=O) groups excluding carboxylic acids is 2. The number of hydrogen-bond donors (Lipinski definition) is 1. The average molecular weight is 421 g/mol. The van der Waals surface area contributed by atoms with Crippen molar-refractivity contribution >= 4 is 35.0 Å². The minimum atomic E-state index is -0.611. The molecule has 150 valence electrons. The summed E-state index contributed by atoms with van der Waals surface area (Å²) in [5.74, 6) is -0.292. The maximum absolute atomic E-state index is 13.1. The molecule has 2 unspecified atom stereocenters. The Morgan fingerprint density at radius 1 is 1.00 bits per heavy atom. The summed E-state index contributed by atoms with van der Waals surface area (Å²) in [5.41, 5.74) is 1.72. The molecule has 0 bridgehead atoms. The monoisotopic (exact) mass is 420 g/mol. The molecule has 0 aliphatic carbocycles. The van der Waals surface area contributed by atoms with Gasteiger partial charge in [0.15, 0.2) is 0 Å². The van der Waals surface area contributed by atoms with Gasteiger partial charge < -0.3 is 10.2 Å². The third-order valence-corrected chi connectivity index (χ3v) is 5.44. The molecule has 2 aromatic rings. The van der Waals surface area contributed by atoms with Crippen molar-refractivity contribution in [3.05, 3.63) is 69.7 Å². The van der Waals surface area contributed by atoms with Gasteiger partial charge >= 0.3 is 0 Å². The van der Waals surface area contributed by atoms with Crippen molar-refractivity contribution in [3.8, 4) is 0 Å². The molecule has 2 amide bonds. The predicted octanol–water partition coefficient (Wildman–Crippen LogP) is 4.87. The molecule has 0 aliphatic heterocycles. The predicted molar refractivity (Wildman–Crippen MR) is 115 cm³/mol. The number of nitrogens with one attached hydrogen (secondary N) is 1. The van der Waals surface area contributed by atoms with Gasteiger partial charge in [0.25, 0.3) is 0 Å². The lowest BCUT2D eigenvalue weighted by atomic mass is 10.1. The Morgan fingerprint density at radius 3 is 2.29 bits per heavy atom. The van der Waals surface area contributed by atoms with Gasteiger partial charge in [0.2, 0.25) is 11.8 Å². The van der Waals surface area contributed by atoms with E-state index in [2.05, 4.69) is 5.32 Å². The first-order chi connectivity index (χ1) is 13.3. The molecule has 2 atom stereocenters. The highest BCUT2D eigenvalue weighted by molar-refractivity contribution is 6.42. The number of halogens is 2. The maximum atomic E-state index is 13.1. The summed E-state index contributed by atoms with van der Waals surface area (Å²) in [6.45, 7) is 5.97. The van der Waals surface area contributed by atoms with Gasteiger partial charge in [-0.2, -0.15) is 0 Å². The molecule has 1 N–H and O–H groups in total. The minimum Gasteiger partial charge on any atom is -0.352 e. The van der Waals surface area contributed by atoms with Crippen molar-refractivity contribution in [2.24, 2.45) is 0 Å². The molecule has 6 heteroatoms. The van der Waals surface area contributed by atoms with Crippen LogP contribution in [-0.4, -0.2) is 28.8 Å². The normalized spacial score (nSPS) is 12.9. The lowest BCUT2D eigenvalue weighted by Gasteiger charge is -2.30. The summed E-state index contributed by atoms with van der Waals surface area (Å²) >= 11 is 12.1. The fraction of sp³-hybridized carbons (Fsp3) is 0.364. The molecule has 0 saturated heterocycles. The quantitative estimate of drug-likeness (QED) is 0.661. The molecule has 0 spiro atoms. The second kappa shape index (κ2) is 10.5. The summed E-state index contributed by atoms with van der Waals surface area (Å²) in [6.07, 6.45) is 1.05. The third-order valence-electron chi connectivity index (χ3n) is 4.70. The Kier molecular flexibility index (Phi) is 8.34. The summed E-state index contributed by atoms with van der Waals surface area (Å²) in [4.78, 5) is 27.3. The summed E-state index contributed by atoms with van der Waals surface area (Å²) < 4.78 is 0. The van der Waals surface area contributed by atoms with Gasteiger partial charge in [-0.25, -0.2) is 0 Å². The number of carbonyl (C=O) groups is 2. The van der Waals surface area contributed by atoms with E-state index in [1.165, 1.54) is 0 Å². The lowest BCUT2D eigenvalue weighted by Crippen LogP contribution is -2.49. The van der Waals surface area contributed by atoms with Crippen LogP contribution in [0.4, 0.5) is 0 Å². The standard InChI is InChI=1S/C22H26Cl2N2O2/c1-4-15(2)25-22(28)16(3)26(14-18-10-11-19(23)20(24)12-18)21(27)13-17-8-6-5-7-9-17/h5-12,15-16H,4,13-14H2,1-3H3,(H,25,28). The van der Waals surface area contributed by atoms with Crippen molar-refractivity contribution < 1.29 is 9.59 Å². The Labute approximate surface area is 176 Å². The SMILES string of the molecule is CCC(C)NC(=O)C(C)N(Cc1ccc(Cl)c(Cl)c1)C(=O)Cc1ccccc1. The highest BCUT2D eigenvalue weighted by atomic mass is 35.5. The Balaban J connectivity index is 2.24. The van der Waals surface area contributed by atoms with Crippen molar-refractivity contribution in [2.45, 2.75) is 52.2 Å². The number of hydrogen-bond acceptors (Lipinski definition) is 2. The third kappa shape index (κ3) is 6.25. The van der Waals surface area contributed by atoms with E-state index < -0.39 is 6.04 Å². The minimum absolute atomic E-state index is 0.0472. The second-order valence-corrected chi connectivity index (χ2v) is 7.74. The van der Waals surface area contributed by atoms with Crippen molar-refractivity contribution in [2.75, 3.05) is 0 Å². The molecule has 0 saturated carbocycles. The van der Waals surface area contributed by atoms with Gasteiger partial charge in [-0.3, -0.25) is 9.59 Å². The number of rotatable bonds is 8. The van der Waals surface area contributed by atoms with Crippen LogP contribution in [0, 0.1) is 0 Å². The molecule has 0 aliphatic rings. The van der Waals surface area contributed by atoms with Gasteiger partial charge in [-0.1, -0.05) is 66.5 Å². The van der Waals surface area contributed by atoms with E-state index in [9.17, 15) is 9.59 Å². The van der Waals surface area contributed by atoms with Crippen molar-refractivity contribution in [1.82, 2.24) is 10.2 Å². The maximum Gasteiger partial charge on any atom is 0.242 e. The zero-order chi connectivity index (χ0) is 20.7. The van der Waals surface area contributed by atoms with Crippen LogP contribution in [0.2, 0.25) is 10.0 Å². The van der Waals surface area contributed by atoms with E-state index >= 15 is 0 Å². The van der Waals surface area contributed by atoms with Gasteiger partial charge in [0.05, 0.1) is 16.5 Å². The van der Waals surface area contributed by atoms with Crippen LogP contribution in [0.25, 0.3) is 0 Å². The molecule has 0 fully saturated rings. The van der Waals surface area contributed by atoms with Gasteiger partial charge in [-0.15, -0.1) is 0 Å². The molecule has 0 radical (unpaired) electrons. The molecule has 2 aromatic carbocycles. The van der Waals surface area contributed by atoms with E-state index in [1.54, 1.807) is 24.0 Å². The van der Waals surface area contributed by atoms with Crippen molar-refractivity contribution in [1.29, 1.82) is 0 Å². The largest absolute Gasteiger partial charge is 0.352 e. The number of benzene rings is 2. The van der Waals surface area contributed by atoms with Gasteiger partial charge in [-0.05, 0) is 43.5 Å². The van der Waals surface area contributed by atoms with E-state index in [1.807, 2.05) is 50.2 Å². The molecule has 2 rings (SSSR count). The first-order valence-corrected chi connectivity index (χ1v) is 10.1. The molecule has 0 aromatic heterocycles. The summed E-state index contributed by atoms with van der Waals surface area (Å²) in [6, 6.07) is 14.2.